The zero-order chi connectivity index (χ0) is 17.7. The number of nitrogens with one attached hydrogen (secondary N) is 1. The highest BCUT2D eigenvalue weighted by Gasteiger charge is 2.35. The van der Waals surface area contributed by atoms with Crippen LogP contribution >= 0.6 is 35.0 Å². The Hall–Kier alpha value is -0.710. The Morgan fingerprint density at radius 1 is 1.17 bits per heavy atom. The largest absolute Gasteiger partial charge is 0.325 e. The highest BCUT2D eigenvalue weighted by Crippen LogP contribution is 2.40. The van der Waals surface area contributed by atoms with Gasteiger partial charge in [0.05, 0.1) is 15.7 Å². The van der Waals surface area contributed by atoms with Crippen molar-refractivity contribution in [2.75, 3.05) is 5.32 Å². The molecule has 132 valence electrons. The molecule has 0 heterocycles. The van der Waals surface area contributed by atoms with E-state index in [1.807, 2.05) is 13.8 Å². The van der Waals surface area contributed by atoms with Crippen molar-refractivity contribution in [3.05, 3.63) is 22.2 Å². The number of hydrogen-bond acceptors (Lipinski definition) is 3. The first-order chi connectivity index (χ1) is 11.4. The Labute approximate surface area is 157 Å². The van der Waals surface area contributed by atoms with E-state index in [-0.39, 0.29) is 16.4 Å². The molecule has 1 aromatic rings. The quantitative estimate of drug-likeness (QED) is 0.600. The summed E-state index contributed by atoms with van der Waals surface area (Å²) in [7, 11) is 0. The van der Waals surface area contributed by atoms with Gasteiger partial charge in [0, 0.05) is 16.7 Å². The van der Waals surface area contributed by atoms with Crippen LogP contribution in [-0.4, -0.2) is 11.0 Å². The van der Waals surface area contributed by atoms with Gasteiger partial charge < -0.3 is 5.32 Å². The van der Waals surface area contributed by atoms with Gasteiger partial charge >= 0.3 is 0 Å². The summed E-state index contributed by atoms with van der Waals surface area (Å²) in [5.74, 6) is -0.00891. The maximum absolute atomic E-state index is 12.8. The van der Waals surface area contributed by atoms with Gasteiger partial charge in [-0.15, -0.1) is 0 Å². The van der Waals surface area contributed by atoms with Gasteiger partial charge in [-0.2, -0.15) is 0 Å². The van der Waals surface area contributed by atoms with Gasteiger partial charge in [0.1, 0.15) is 0 Å². The molecule has 0 spiro atoms. The fourth-order valence-corrected chi connectivity index (χ4v) is 4.26. The summed E-state index contributed by atoms with van der Waals surface area (Å²) in [6.07, 6.45) is 6.36. The Morgan fingerprint density at radius 3 is 2.42 bits per heavy atom. The van der Waals surface area contributed by atoms with Gasteiger partial charge in [0.2, 0.25) is 5.91 Å². The molecule has 0 atom stereocenters. The van der Waals surface area contributed by atoms with Gasteiger partial charge in [-0.1, -0.05) is 56.3 Å². The lowest BCUT2D eigenvalue weighted by molar-refractivity contribution is -0.126. The number of hydrogen-bond donors (Lipinski definition) is 1. The number of amides is 1. The zero-order valence-electron chi connectivity index (χ0n) is 14.1. The molecule has 3 nitrogen and oxygen atoms in total. The third-order valence-corrected chi connectivity index (χ3v) is 6.17. The van der Waals surface area contributed by atoms with E-state index in [0.29, 0.717) is 27.0 Å². The molecule has 0 radical (unpaired) electrons. The third-order valence-electron chi connectivity index (χ3n) is 4.45. The first-order valence-electron chi connectivity index (χ1n) is 8.37. The minimum Gasteiger partial charge on any atom is -0.325 e. The lowest BCUT2D eigenvalue weighted by atomic mass is 9.75. The van der Waals surface area contributed by atoms with Crippen LogP contribution in [0.5, 0.6) is 0 Å². The summed E-state index contributed by atoms with van der Waals surface area (Å²) < 4.78 is 0. The smallest absolute Gasteiger partial charge is 0.230 e. The van der Waals surface area contributed by atoms with E-state index in [4.69, 9.17) is 23.2 Å². The van der Waals surface area contributed by atoms with Gasteiger partial charge in [-0.3, -0.25) is 9.59 Å². The van der Waals surface area contributed by atoms with Gasteiger partial charge in [-0.25, -0.2) is 0 Å². The predicted octanol–water partition coefficient (Wildman–Crippen LogP) is 6.32. The number of rotatable bonds is 5. The van der Waals surface area contributed by atoms with Crippen molar-refractivity contribution >= 4 is 51.7 Å². The van der Waals surface area contributed by atoms with Crippen LogP contribution in [-0.2, 0) is 9.59 Å². The predicted molar refractivity (Wildman–Crippen MR) is 102 cm³/mol. The molecule has 1 amide bonds. The standard InChI is InChI=1S/C18H23Cl2NO2S/c1-3-7-16(22)24-15-11-13(20)12(19)10-14(15)21-17(23)18(2)8-5-4-6-9-18/h10-11H,3-9H2,1-2H3,(H,21,23). The summed E-state index contributed by atoms with van der Waals surface area (Å²) in [6.45, 7) is 3.97. The molecular weight excluding hydrogens is 365 g/mol. The second kappa shape index (κ2) is 8.59. The second-order valence-corrected chi connectivity index (χ2v) is 8.48. The summed E-state index contributed by atoms with van der Waals surface area (Å²) in [4.78, 5) is 25.4. The summed E-state index contributed by atoms with van der Waals surface area (Å²) in [5.41, 5.74) is 0.204. The molecule has 0 aromatic heterocycles. The van der Waals surface area contributed by atoms with Gasteiger partial charge in [0.25, 0.3) is 0 Å². The van der Waals surface area contributed by atoms with Crippen LogP contribution in [0, 0.1) is 5.41 Å². The van der Waals surface area contributed by atoms with Gasteiger partial charge in [0.15, 0.2) is 5.12 Å². The van der Waals surface area contributed by atoms with Crippen LogP contribution in [0.1, 0.15) is 58.8 Å². The second-order valence-electron chi connectivity index (χ2n) is 6.56. The van der Waals surface area contributed by atoms with Crippen molar-refractivity contribution in [1.82, 2.24) is 0 Å². The Bertz CT molecular complexity index is 628. The SMILES string of the molecule is CCCC(=O)Sc1cc(Cl)c(Cl)cc1NC(=O)C1(C)CCCCC1. The number of anilines is 1. The fourth-order valence-electron chi connectivity index (χ4n) is 2.92. The monoisotopic (exact) mass is 387 g/mol. The molecule has 0 aliphatic heterocycles. The highest BCUT2D eigenvalue weighted by atomic mass is 35.5. The summed E-state index contributed by atoms with van der Waals surface area (Å²) in [5, 5.41) is 3.78. The molecule has 0 unspecified atom stereocenters. The summed E-state index contributed by atoms with van der Waals surface area (Å²) in [6, 6.07) is 3.29. The lowest BCUT2D eigenvalue weighted by Crippen LogP contribution is -2.35. The molecule has 24 heavy (non-hydrogen) atoms. The number of benzene rings is 1. The van der Waals surface area contributed by atoms with Crippen LogP contribution in [0.25, 0.3) is 0 Å². The van der Waals surface area contributed by atoms with Crippen molar-refractivity contribution < 1.29 is 9.59 Å². The van der Waals surface area contributed by atoms with E-state index < -0.39 is 0 Å². The van der Waals surface area contributed by atoms with E-state index >= 15 is 0 Å². The minimum atomic E-state index is -0.361. The van der Waals surface area contributed by atoms with Crippen LogP contribution in [0.4, 0.5) is 5.69 Å². The van der Waals surface area contributed by atoms with Gasteiger partial charge in [-0.05, 0) is 43.2 Å². The Kier molecular flexibility index (Phi) is 7.02. The molecule has 2 rings (SSSR count). The lowest BCUT2D eigenvalue weighted by Gasteiger charge is -2.32. The van der Waals surface area contributed by atoms with Crippen LogP contribution in [0.15, 0.2) is 17.0 Å². The summed E-state index contributed by atoms with van der Waals surface area (Å²) >= 11 is 13.3. The average Bonchev–Trinajstić information content (AvgIpc) is 2.53. The topological polar surface area (TPSA) is 46.2 Å². The normalized spacial score (nSPS) is 16.7. The van der Waals surface area contributed by atoms with E-state index in [1.165, 1.54) is 6.42 Å². The number of carbonyl (C=O) groups is 2. The molecule has 0 saturated heterocycles. The maximum atomic E-state index is 12.8. The number of halogens is 2. The third kappa shape index (κ3) is 4.90. The zero-order valence-corrected chi connectivity index (χ0v) is 16.4. The molecule has 1 saturated carbocycles. The molecule has 1 fully saturated rings. The molecule has 1 aliphatic rings. The molecule has 6 heteroatoms. The Balaban J connectivity index is 2.22. The fraction of sp³-hybridized carbons (Fsp3) is 0.556. The number of carbonyl (C=O) groups excluding carboxylic acids is 2. The molecule has 1 N–H and O–H groups in total. The Morgan fingerprint density at radius 2 is 1.79 bits per heavy atom. The van der Waals surface area contributed by atoms with Crippen LogP contribution in [0.2, 0.25) is 10.0 Å². The van der Waals surface area contributed by atoms with Crippen molar-refractivity contribution in [3.8, 4) is 0 Å². The average molecular weight is 388 g/mol. The molecule has 1 aromatic carbocycles. The molecule has 1 aliphatic carbocycles. The van der Waals surface area contributed by atoms with E-state index in [2.05, 4.69) is 5.32 Å². The van der Waals surface area contributed by atoms with Crippen molar-refractivity contribution in [3.63, 3.8) is 0 Å². The first-order valence-corrected chi connectivity index (χ1v) is 9.94. The minimum absolute atomic E-state index is 0.00891. The molecule has 0 bridgehead atoms. The van der Waals surface area contributed by atoms with Crippen LogP contribution < -0.4 is 5.32 Å². The number of thioether (sulfide) groups is 1. The van der Waals surface area contributed by atoms with Crippen LogP contribution in [0.3, 0.4) is 0 Å². The van der Waals surface area contributed by atoms with E-state index in [0.717, 1.165) is 43.9 Å². The van der Waals surface area contributed by atoms with E-state index in [1.54, 1.807) is 12.1 Å². The van der Waals surface area contributed by atoms with E-state index in [9.17, 15) is 9.59 Å². The van der Waals surface area contributed by atoms with Crippen molar-refractivity contribution in [2.45, 2.75) is 63.7 Å². The maximum Gasteiger partial charge on any atom is 0.230 e. The highest BCUT2D eigenvalue weighted by molar-refractivity contribution is 8.13. The van der Waals surface area contributed by atoms with Crippen molar-refractivity contribution in [2.24, 2.45) is 5.41 Å². The first kappa shape index (κ1) is 19.6. The van der Waals surface area contributed by atoms with Crippen molar-refractivity contribution in [1.29, 1.82) is 0 Å². The molecular formula is C18H23Cl2NO2S.